The second-order valence-electron chi connectivity index (χ2n) is 5.17. The van der Waals surface area contributed by atoms with E-state index in [2.05, 4.69) is 36.7 Å². The average Bonchev–Trinajstić information content (AvgIpc) is 2.28. The molecule has 0 amide bonds. The Hall–Kier alpha value is -1.42. The Kier molecular flexibility index (Phi) is 5.78. The third kappa shape index (κ3) is 5.27. The van der Waals surface area contributed by atoms with Crippen LogP contribution in [-0.2, 0) is 6.54 Å². The number of rotatable bonds is 7. The Bertz CT molecular complexity index is 387. The summed E-state index contributed by atoms with van der Waals surface area (Å²) in [5.74, 6) is 0.850. The lowest BCUT2D eigenvalue weighted by atomic mass is 10.1. The summed E-state index contributed by atoms with van der Waals surface area (Å²) in [7, 11) is 0. The Labute approximate surface area is 110 Å². The molecule has 0 bridgehead atoms. The Morgan fingerprint density at radius 1 is 1.50 bits per heavy atom. The number of pyridine rings is 1. The summed E-state index contributed by atoms with van der Waals surface area (Å²) in [6.45, 7) is 9.14. The van der Waals surface area contributed by atoms with Crippen LogP contribution in [0, 0.1) is 18.3 Å². The Morgan fingerprint density at radius 3 is 2.78 bits per heavy atom. The molecule has 3 N–H and O–H groups in total. The molecule has 4 nitrogen and oxygen atoms in total. The van der Waals surface area contributed by atoms with Gasteiger partial charge in [0.1, 0.15) is 0 Å². The summed E-state index contributed by atoms with van der Waals surface area (Å²) >= 11 is 0. The van der Waals surface area contributed by atoms with E-state index in [1.807, 2.05) is 12.3 Å². The molecule has 1 aromatic rings. The van der Waals surface area contributed by atoms with Crippen molar-refractivity contribution >= 4 is 5.84 Å². The molecular weight excluding hydrogens is 224 g/mol. The summed E-state index contributed by atoms with van der Waals surface area (Å²) < 4.78 is 0. The van der Waals surface area contributed by atoms with E-state index in [0.29, 0.717) is 12.3 Å². The van der Waals surface area contributed by atoms with E-state index in [0.717, 1.165) is 25.3 Å². The first-order chi connectivity index (χ1) is 8.49. The van der Waals surface area contributed by atoms with E-state index < -0.39 is 0 Å². The molecule has 0 atom stereocenters. The predicted octanol–water partition coefficient (Wildman–Crippen LogP) is 2.17. The van der Waals surface area contributed by atoms with Crippen molar-refractivity contribution < 1.29 is 0 Å². The van der Waals surface area contributed by atoms with Crippen molar-refractivity contribution in [1.82, 2.24) is 9.88 Å². The maximum absolute atomic E-state index is 7.33. The fraction of sp³-hybridized carbons (Fsp3) is 0.571. The summed E-state index contributed by atoms with van der Waals surface area (Å²) in [6, 6.07) is 4.04. The topological polar surface area (TPSA) is 66.0 Å². The van der Waals surface area contributed by atoms with Crippen LogP contribution in [0.15, 0.2) is 18.3 Å². The molecule has 0 spiro atoms. The molecule has 4 heteroatoms. The van der Waals surface area contributed by atoms with Gasteiger partial charge in [-0.15, -0.1) is 0 Å². The van der Waals surface area contributed by atoms with E-state index in [-0.39, 0.29) is 5.84 Å². The predicted molar refractivity (Wildman–Crippen MR) is 75.6 cm³/mol. The van der Waals surface area contributed by atoms with Crippen molar-refractivity contribution in [3.05, 3.63) is 29.6 Å². The van der Waals surface area contributed by atoms with E-state index in [1.54, 1.807) is 0 Å². The molecule has 1 rings (SSSR count). The molecule has 18 heavy (non-hydrogen) atoms. The van der Waals surface area contributed by atoms with Crippen LogP contribution in [0.4, 0.5) is 0 Å². The van der Waals surface area contributed by atoms with Crippen LogP contribution in [0.5, 0.6) is 0 Å². The monoisotopic (exact) mass is 248 g/mol. The molecule has 1 heterocycles. The van der Waals surface area contributed by atoms with Crippen LogP contribution in [0.3, 0.4) is 0 Å². The van der Waals surface area contributed by atoms with Crippen LogP contribution in [0.25, 0.3) is 0 Å². The maximum Gasteiger partial charge on any atom is 0.0918 e. The quantitative estimate of drug-likeness (QED) is 0.574. The number of nitrogens with one attached hydrogen (secondary N) is 1. The highest BCUT2D eigenvalue weighted by Crippen LogP contribution is 2.09. The van der Waals surface area contributed by atoms with Crippen molar-refractivity contribution in [2.75, 3.05) is 13.1 Å². The number of aryl methyl sites for hydroxylation is 1. The molecule has 0 unspecified atom stereocenters. The molecule has 0 aromatic carbocycles. The van der Waals surface area contributed by atoms with Gasteiger partial charge < -0.3 is 5.73 Å². The summed E-state index contributed by atoms with van der Waals surface area (Å²) in [4.78, 5) is 6.75. The molecule has 100 valence electrons. The molecular formula is C14H24N4. The largest absolute Gasteiger partial charge is 0.388 e. The van der Waals surface area contributed by atoms with Gasteiger partial charge in [-0.05, 0) is 24.5 Å². The van der Waals surface area contributed by atoms with Crippen molar-refractivity contribution in [3.63, 3.8) is 0 Å². The SMILES string of the molecule is Cc1cccnc1CN(CCC(=N)N)CC(C)C. The van der Waals surface area contributed by atoms with Gasteiger partial charge in [0.2, 0.25) is 0 Å². The minimum atomic E-state index is 0.251. The van der Waals surface area contributed by atoms with Crippen LogP contribution in [0.2, 0.25) is 0 Å². The number of hydrogen-bond donors (Lipinski definition) is 2. The zero-order valence-electron chi connectivity index (χ0n) is 11.6. The van der Waals surface area contributed by atoms with Crippen molar-refractivity contribution in [2.24, 2.45) is 11.7 Å². The lowest BCUT2D eigenvalue weighted by Gasteiger charge is -2.24. The average molecular weight is 248 g/mol. The molecule has 0 radical (unpaired) electrons. The lowest BCUT2D eigenvalue weighted by molar-refractivity contribution is 0.239. The molecule has 0 aliphatic carbocycles. The second-order valence-corrected chi connectivity index (χ2v) is 5.17. The summed E-state index contributed by atoms with van der Waals surface area (Å²) in [6.07, 6.45) is 2.46. The van der Waals surface area contributed by atoms with E-state index in [9.17, 15) is 0 Å². The highest BCUT2D eigenvalue weighted by molar-refractivity contribution is 5.76. The van der Waals surface area contributed by atoms with E-state index >= 15 is 0 Å². The van der Waals surface area contributed by atoms with Gasteiger partial charge in [0, 0.05) is 32.3 Å². The molecule has 0 aliphatic heterocycles. The molecule has 0 aliphatic rings. The first-order valence-corrected chi connectivity index (χ1v) is 6.44. The van der Waals surface area contributed by atoms with E-state index in [1.165, 1.54) is 5.56 Å². The van der Waals surface area contributed by atoms with Gasteiger partial charge in [0.15, 0.2) is 0 Å². The highest BCUT2D eigenvalue weighted by atomic mass is 15.1. The number of nitrogens with two attached hydrogens (primary N) is 1. The van der Waals surface area contributed by atoms with Crippen LogP contribution in [0.1, 0.15) is 31.5 Å². The molecule has 0 saturated heterocycles. The fourth-order valence-corrected chi connectivity index (χ4v) is 1.93. The zero-order chi connectivity index (χ0) is 13.5. The van der Waals surface area contributed by atoms with Gasteiger partial charge >= 0.3 is 0 Å². The third-order valence-corrected chi connectivity index (χ3v) is 2.81. The minimum Gasteiger partial charge on any atom is -0.388 e. The normalized spacial score (nSPS) is 11.2. The zero-order valence-corrected chi connectivity index (χ0v) is 11.6. The van der Waals surface area contributed by atoms with Crippen molar-refractivity contribution in [1.29, 1.82) is 5.41 Å². The molecule has 1 aromatic heterocycles. The van der Waals surface area contributed by atoms with Gasteiger partial charge in [-0.2, -0.15) is 0 Å². The Balaban J connectivity index is 2.65. The summed E-state index contributed by atoms with van der Waals surface area (Å²) in [5, 5.41) is 7.33. The van der Waals surface area contributed by atoms with Gasteiger partial charge in [-0.25, -0.2) is 0 Å². The first-order valence-electron chi connectivity index (χ1n) is 6.44. The number of hydrogen-bond acceptors (Lipinski definition) is 3. The van der Waals surface area contributed by atoms with E-state index in [4.69, 9.17) is 11.1 Å². The molecule has 0 fully saturated rings. The number of nitrogens with zero attached hydrogens (tertiary/aromatic N) is 2. The third-order valence-electron chi connectivity index (χ3n) is 2.81. The van der Waals surface area contributed by atoms with Crippen molar-refractivity contribution in [2.45, 2.75) is 33.7 Å². The lowest BCUT2D eigenvalue weighted by Crippen LogP contribution is -2.31. The van der Waals surface area contributed by atoms with Gasteiger partial charge in [-0.1, -0.05) is 19.9 Å². The van der Waals surface area contributed by atoms with Crippen LogP contribution in [-0.4, -0.2) is 28.8 Å². The van der Waals surface area contributed by atoms with Gasteiger partial charge in [0.05, 0.1) is 11.5 Å². The Morgan fingerprint density at radius 2 is 2.22 bits per heavy atom. The maximum atomic E-state index is 7.33. The molecule has 0 saturated carbocycles. The number of amidine groups is 1. The first kappa shape index (κ1) is 14.6. The second kappa shape index (κ2) is 7.11. The smallest absolute Gasteiger partial charge is 0.0918 e. The summed E-state index contributed by atoms with van der Waals surface area (Å²) in [5.41, 5.74) is 7.77. The number of aromatic nitrogens is 1. The van der Waals surface area contributed by atoms with Gasteiger partial charge in [0.25, 0.3) is 0 Å². The standard InChI is InChI=1S/C14H24N4/c1-11(2)9-18(8-6-14(15)16)10-13-12(3)5-4-7-17-13/h4-5,7,11H,6,8-10H2,1-3H3,(H3,15,16). The van der Waals surface area contributed by atoms with Crippen LogP contribution < -0.4 is 5.73 Å². The highest BCUT2D eigenvalue weighted by Gasteiger charge is 2.10. The van der Waals surface area contributed by atoms with Crippen molar-refractivity contribution in [3.8, 4) is 0 Å². The van der Waals surface area contributed by atoms with Gasteiger partial charge in [-0.3, -0.25) is 15.3 Å². The minimum absolute atomic E-state index is 0.251. The van der Waals surface area contributed by atoms with Crippen LogP contribution >= 0.6 is 0 Å². The fourth-order valence-electron chi connectivity index (χ4n) is 1.93.